The van der Waals surface area contributed by atoms with Crippen molar-refractivity contribution in [1.29, 1.82) is 0 Å². The fourth-order valence-electron chi connectivity index (χ4n) is 3.16. The van der Waals surface area contributed by atoms with E-state index >= 15 is 0 Å². The van der Waals surface area contributed by atoms with E-state index in [1.807, 2.05) is 32.0 Å². The summed E-state index contributed by atoms with van der Waals surface area (Å²) in [5.74, 6) is -0.967. The van der Waals surface area contributed by atoms with Crippen LogP contribution in [-0.4, -0.2) is 65.7 Å². The zero-order valence-electron chi connectivity index (χ0n) is 18.1. The van der Waals surface area contributed by atoms with E-state index in [0.717, 1.165) is 10.6 Å². The molecule has 31 heavy (non-hydrogen) atoms. The second-order valence-corrected chi connectivity index (χ2v) is 7.36. The largest absolute Gasteiger partial charge is 0.465 e. The fourth-order valence-corrected chi connectivity index (χ4v) is 3.16. The Balaban J connectivity index is 2.06. The molecule has 10 nitrogen and oxygen atoms in total. The van der Waals surface area contributed by atoms with Crippen molar-refractivity contribution < 1.29 is 28.7 Å². The molecule has 0 saturated carbocycles. The molecule has 0 aromatic heterocycles. The molecule has 4 amide bonds. The van der Waals surface area contributed by atoms with Crippen LogP contribution in [0.5, 0.6) is 0 Å². The lowest BCUT2D eigenvalue weighted by atomic mass is 10.2. The quantitative estimate of drug-likeness (QED) is 0.499. The molecular weight excluding hydrogens is 404 g/mol. The number of nitrogens with one attached hydrogen (secondary N) is 2. The summed E-state index contributed by atoms with van der Waals surface area (Å²) >= 11 is 0. The molecule has 2 N–H and O–H groups in total. The fraction of sp³-hybridized carbons (Fsp3) is 0.524. The van der Waals surface area contributed by atoms with Gasteiger partial charge in [0.2, 0.25) is 5.91 Å². The molecule has 170 valence electrons. The third kappa shape index (κ3) is 7.47. The highest BCUT2D eigenvalue weighted by Crippen LogP contribution is 2.19. The number of hydrazine groups is 1. The van der Waals surface area contributed by atoms with Crippen LogP contribution in [0.25, 0.3) is 0 Å². The van der Waals surface area contributed by atoms with E-state index in [-0.39, 0.29) is 25.2 Å². The summed E-state index contributed by atoms with van der Waals surface area (Å²) in [6.45, 7) is 5.24. The van der Waals surface area contributed by atoms with Gasteiger partial charge in [0.25, 0.3) is 0 Å². The third-order valence-corrected chi connectivity index (χ3v) is 4.49. The van der Waals surface area contributed by atoms with Gasteiger partial charge in [-0.15, -0.1) is 0 Å². The Kier molecular flexibility index (Phi) is 9.11. The van der Waals surface area contributed by atoms with Gasteiger partial charge in [-0.05, 0) is 39.2 Å². The molecule has 1 aliphatic rings. The van der Waals surface area contributed by atoms with Gasteiger partial charge < -0.3 is 19.7 Å². The molecule has 0 spiro atoms. The Labute approximate surface area is 181 Å². The highest BCUT2D eigenvalue weighted by atomic mass is 16.6. The maximum atomic E-state index is 13.1. The van der Waals surface area contributed by atoms with Crippen molar-refractivity contribution in [3.63, 3.8) is 0 Å². The van der Waals surface area contributed by atoms with Crippen LogP contribution < -0.4 is 10.7 Å². The first-order chi connectivity index (χ1) is 14.8. The summed E-state index contributed by atoms with van der Waals surface area (Å²) in [5.41, 5.74) is 3.07. The van der Waals surface area contributed by atoms with Gasteiger partial charge in [-0.25, -0.2) is 20.0 Å². The van der Waals surface area contributed by atoms with Crippen LogP contribution in [0, 0.1) is 0 Å². The number of rotatable bonds is 7. The topological polar surface area (TPSA) is 117 Å². The Bertz CT molecular complexity index is 770. The van der Waals surface area contributed by atoms with Crippen molar-refractivity contribution in [3.05, 3.63) is 35.9 Å². The van der Waals surface area contributed by atoms with Crippen molar-refractivity contribution >= 4 is 24.0 Å². The van der Waals surface area contributed by atoms with E-state index < -0.39 is 30.7 Å². The number of esters is 1. The number of ether oxygens (including phenoxy) is 2. The molecule has 0 unspecified atom stereocenters. The van der Waals surface area contributed by atoms with Gasteiger partial charge in [0.15, 0.2) is 0 Å². The lowest BCUT2D eigenvalue weighted by Crippen LogP contribution is -2.57. The first kappa shape index (κ1) is 24.0. The SMILES string of the molecule is CCOC(=O)CN(NC(=O)OCc1ccccc1)C(=O)N1CCC[C@H]1C(=O)NC(C)C. The molecule has 10 heteroatoms. The zero-order chi connectivity index (χ0) is 22.8. The summed E-state index contributed by atoms with van der Waals surface area (Å²) < 4.78 is 10.0. The molecule has 1 aromatic carbocycles. The zero-order valence-corrected chi connectivity index (χ0v) is 18.1. The van der Waals surface area contributed by atoms with E-state index in [1.54, 1.807) is 19.1 Å². The number of benzene rings is 1. The van der Waals surface area contributed by atoms with Crippen molar-refractivity contribution in [2.45, 2.75) is 52.3 Å². The van der Waals surface area contributed by atoms with Crippen molar-refractivity contribution in [2.24, 2.45) is 0 Å². The van der Waals surface area contributed by atoms with E-state index in [4.69, 9.17) is 9.47 Å². The van der Waals surface area contributed by atoms with Crippen LogP contribution in [-0.2, 0) is 25.7 Å². The number of nitrogens with zero attached hydrogens (tertiary/aromatic N) is 2. The number of carbonyl (C=O) groups excluding carboxylic acids is 4. The molecule has 2 rings (SSSR count). The van der Waals surface area contributed by atoms with Gasteiger partial charge >= 0.3 is 18.1 Å². The standard InChI is InChI=1S/C21H30N4O6/c1-4-30-18(26)13-25(23-20(28)31-14-16-9-6-5-7-10-16)21(29)24-12-8-11-17(24)19(27)22-15(2)3/h5-7,9-10,15,17H,4,8,11-14H2,1-3H3,(H,22,27)(H,23,28)/t17-/m0/s1. The molecule has 0 aliphatic carbocycles. The second kappa shape index (κ2) is 11.8. The first-order valence-electron chi connectivity index (χ1n) is 10.3. The maximum absolute atomic E-state index is 13.1. The van der Waals surface area contributed by atoms with Crippen LogP contribution in [0.4, 0.5) is 9.59 Å². The van der Waals surface area contributed by atoms with Crippen LogP contribution in [0.2, 0.25) is 0 Å². The number of urea groups is 1. The smallest absolute Gasteiger partial charge is 0.426 e. The summed E-state index contributed by atoms with van der Waals surface area (Å²) in [6.07, 6.45) is 0.229. The Morgan fingerprint density at radius 1 is 1.16 bits per heavy atom. The second-order valence-electron chi connectivity index (χ2n) is 7.36. The van der Waals surface area contributed by atoms with E-state index in [1.165, 1.54) is 4.90 Å². The van der Waals surface area contributed by atoms with Gasteiger partial charge in [-0.2, -0.15) is 0 Å². The van der Waals surface area contributed by atoms with E-state index in [9.17, 15) is 19.2 Å². The number of hydrogen-bond acceptors (Lipinski definition) is 6. The minimum atomic E-state index is -0.899. The Hall–Kier alpha value is -3.30. The molecule has 1 saturated heterocycles. The highest BCUT2D eigenvalue weighted by Gasteiger charge is 2.37. The predicted octanol–water partition coefficient (Wildman–Crippen LogP) is 1.80. The van der Waals surface area contributed by atoms with Gasteiger partial charge in [-0.1, -0.05) is 30.3 Å². The maximum Gasteiger partial charge on any atom is 0.426 e. The molecule has 1 aliphatic heterocycles. The minimum Gasteiger partial charge on any atom is -0.465 e. The third-order valence-electron chi connectivity index (χ3n) is 4.49. The van der Waals surface area contributed by atoms with Crippen molar-refractivity contribution in [1.82, 2.24) is 20.7 Å². The van der Waals surface area contributed by atoms with Crippen molar-refractivity contribution in [3.8, 4) is 0 Å². The van der Waals surface area contributed by atoms with Gasteiger partial charge in [0, 0.05) is 12.6 Å². The number of amides is 4. The molecule has 1 fully saturated rings. The first-order valence-corrected chi connectivity index (χ1v) is 10.3. The van der Waals surface area contributed by atoms with Crippen LogP contribution >= 0.6 is 0 Å². The number of likely N-dealkylation sites (tertiary alicyclic amines) is 1. The molecule has 1 atom stereocenters. The van der Waals surface area contributed by atoms with E-state index in [0.29, 0.717) is 19.4 Å². The summed E-state index contributed by atoms with van der Waals surface area (Å²) in [4.78, 5) is 51.2. The minimum absolute atomic E-state index is 0.00273. The number of carbonyl (C=O) groups is 4. The Morgan fingerprint density at radius 3 is 2.52 bits per heavy atom. The summed E-state index contributed by atoms with van der Waals surface area (Å²) in [6, 6.07) is 7.60. The molecular formula is C21H30N4O6. The molecule has 1 heterocycles. The summed E-state index contributed by atoms with van der Waals surface area (Å²) in [7, 11) is 0. The normalized spacial score (nSPS) is 15.4. The van der Waals surface area contributed by atoms with Gasteiger partial charge in [0.1, 0.15) is 19.2 Å². The van der Waals surface area contributed by atoms with Gasteiger partial charge in [0.05, 0.1) is 6.61 Å². The van der Waals surface area contributed by atoms with E-state index in [2.05, 4.69) is 10.7 Å². The average Bonchev–Trinajstić information content (AvgIpc) is 3.22. The van der Waals surface area contributed by atoms with Gasteiger partial charge in [-0.3, -0.25) is 9.59 Å². The van der Waals surface area contributed by atoms with Crippen LogP contribution in [0.3, 0.4) is 0 Å². The van der Waals surface area contributed by atoms with Crippen molar-refractivity contribution in [2.75, 3.05) is 19.7 Å². The number of hydrogen-bond donors (Lipinski definition) is 2. The molecule has 0 bridgehead atoms. The molecule has 1 aromatic rings. The summed E-state index contributed by atoms with van der Waals surface area (Å²) in [5, 5.41) is 3.62. The Morgan fingerprint density at radius 2 is 1.87 bits per heavy atom. The lowest BCUT2D eigenvalue weighted by Gasteiger charge is -2.30. The highest BCUT2D eigenvalue weighted by molar-refractivity contribution is 5.89. The average molecular weight is 434 g/mol. The lowest BCUT2D eigenvalue weighted by molar-refractivity contribution is -0.144. The monoisotopic (exact) mass is 434 g/mol. The van der Waals surface area contributed by atoms with Crippen LogP contribution in [0.1, 0.15) is 39.2 Å². The molecule has 0 radical (unpaired) electrons. The predicted molar refractivity (Wildman–Crippen MR) is 112 cm³/mol. The van der Waals surface area contributed by atoms with Crippen LogP contribution in [0.15, 0.2) is 30.3 Å².